The standard InChI is InChI=1S/C23H22FN5O2S/c1-2-16-12-18-22(32-16)25-13-28(23(18)31)27-21(30)20-17-6-4-3-5-7-19(17)29(26-20)15-10-8-14(24)9-11-15/h8-13H,2-7H2,1H3,(H,27,30). The van der Waals surface area contributed by atoms with Gasteiger partial charge in [0.15, 0.2) is 5.69 Å². The van der Waals surface area contributed by atoms with Crippen LogP contribution in [0.3, 0.4) is 0 Å². The second-order valence-corrected chi connectivity index (χ2v) is 8.98. The molecule has 7 nitrogen and oxygen atoms in total. The number of nitrogens with zero attached hydrogens (tertiary/aromatic N) is 4. The molecule has 9 heteroatoms. The minimum atomic E-state index is -0.460. The zero-order valence-corrected chi connectivity index (χ0v) is 18.4. The first-order valence-electron chi connectivity index (χ1n) is 10.7. The minimum Gasteiger partial charge on any atom is -0.267 e. The highest BCUT2D eigenvalue weighted by Gasteiger charge is 2.25. The van der Waals surface area contributed by atoms with Gasteiger partial charge in [-0.05, 0) is 62.4 Å². The lowest BCUT2D eigenvalue weighted by Crippen LogP contribution is -2.33. The van der Waals surface area contributed by atoms with Crippen molar-refractivity contribution >= 4 is 27.5 Å². The Bertz CT molecular complexity index is 1370. The van der Waals surface area contributed by atoms with Crippen LogP contribution in [0.1, 0.15) is 52.8 Å². The molecular weight excluding hydrogens is 429 g/mol. The van der Waals surface area contributed by atoms with Gasteiger partial charge in [-0.1, -0.05) is 13.3 Å². The Morgan fingerprint density at radius 3 is 2.75 bits per heavy atom. The largest absolute Gasteiger partial charge is 0.291 e. The molecular formula is C23H22FN5O2S. The molecule has 0 saturated heterocycles. The van der Waals surface area contributed by atoms with Gasteiger partial charge in [-0.15, -0.1) is 11.3 Å². The van der Waals surface area contributed by atoms with Gasteiger partial charge in [0.05, 0.1) is 11.1 Å². The molecule has 1 aromatic carbocycles. The topological polar surface area (TPSA) is 81.8 Å². The van der Waals surface area contributed by atoms with Crippen molar-refractivity contribution in [1.82, 2.24) is 19.4 Å². The number of rotatable bonds is 4. The van der Waals surface area contributed by atoms with Crippen LogP contribution < -0.4 is 11.0 Å². The average molecular weight is 452 g/mol. The van der Waals surface area contributed by atoms with Gasteiger partial charge < -0.3 is 0 Å². The summed E-state index contributed by atoms with van der Waals surface area (Å²) in [5.41, 5.74) is 5.19. The van der Waals surface area contributed by atoms with Gasteiger partial charge in [-0.3, -0.25) is 15.0 Å². The van der Waals surface area contributed by atoms with Crippen LogP contribution in [0.15, 0.2) is 41.5 Å². The van der Waals surface area contributed by atoms with Crippen molar-refractivity contribution in [3.05, 3.63) is 74.7 Å². The van der Waals surface area contributed by atoms with E-state index in [-0.39, 0.29) is 17.1 Å². The fraction of sp³-hybridized carbons (Fsp3) is 0.304. The first-order chi connectivity index (χ1) is 15.5. The molecule has 4 aromatic rings. The van der Waals surface area contributed by atoms with Crippen LogP contribution >= 0.6 is 11.3 Å². The van der Waals surface area contributed by atoms with E-state index < -0.39 is 5.91 Å². The summed E-state index contributed by atoms with van der Waals surface area (Å²) >= 11 is 1.48. The normalized spacial score (nSPS) is 13.7. The summed E-state index contributed by atoms with van der Waals surface area (Å²) < 4.78 is 16.3. The van der Waals surface area contributed by atoms with Gasteiger partial charge in [0.1, 0.15) is 17.0 Å². The summed E-state index contributed by atoms with van der Waals surface area (Å²) in [5, 5.41) is 5.08. The van der Waals surface area contributed by atoms with Gasteiger partial charge >= 0.3 is 0 Å². The molecule has 164 valence electrons. The molecule has 0 saturated carbocycles. The maximum atomic E-state index is 13.4. The lowest BCUT2D eigenvalue weighted by atomic mass is 10.1. The van der Waals surface area contributed by atoms with E-state index in [2.05, 4.69) is 15.5 Å². The zero-order valence-electron chi connectivity index (χ0n) is 17.6. The molecule has 1 aliphatic rings. The number of benzene rings is 1. The lowest BCUT2D eigenvalue weighted by molar-refractivity contribution is 0.100. The number of aryl methyl sites for hydroxylation is 1. The van der Waals surface area contributed by atoms with Gasteiger partial charge in [0.2, 0.25) is 0 Å². The second kappa shape index (κ2) is 8.31. The van der Waals surface area contributed by atoms with E-state index in [1.54, 1.807) is 16.8 Å². The van der Waals surface area contributed by atoms with Crippen molar-refractivity contribution in [2.75, 3.05) is 5.43 Å². The Labute approximate surface area is 187 Å². The molecule has 0 atom stereocenters. The SMILES string of the molecule is CCc1cc2c(=O)n(NC(=O)c3nn(-c4ccc(F)cc4)c4c3CCCCC4)cnc2s1. The Balaban J connectivity index is 1.54. The summed E-state index contributed by atoms with van der Waals surface area (Å²) in [7, 11) is 0. The lowest BCUT2D eigenvalue weighted by Gasteiger charge is -2.07. The predicted octanol–water partition coefficient (Wildman–Crippen LogP) is 4.00. The third-order valence-electron chi connectivity index (χ3n) is 5.79. The van der Waals surface area contributed by atoms with E-state index >= 15 is 0 Å². The Morgan fingerprint density at radius 1 is 1.19 bits per heavy atom. The number of carbonyl (C=O) groups is 1. The molecule has 0 aliphatic heterocycles. The van der Waals surface area contributed by atoms with Gasteiger partial charge in [-0.2, -0.15) is 5.10 Å². The van der Waals surface area contributed by atoms with Crippen LogP contribution in [0, 0.1) is 5.82 Å². The van der Waals surface area contributed by atoms with Crippen LogP contribution in [0.2, 0.25) is 0 Å². The average Bonchev–Trinajstić information content (AvgIpc) is 3.30. The molecule has 3 heterocycles. The Hall–Kier alpha value is -3.33. The number of halogens is 1. The maximum Gasteiger partial charge on any atom is 0.291 e. The van der Waals surface area contributed by atoms with Crippen molar-refractivity contribution in [2.24, 2.45) is 0 Å². The number of carbonyl (C=O) groups excluding carboxylic acids is 1. The fourth-order valence-electron chi connectivity index (χ4n) is 4.14. The number of fused-ring (bicyclic) bond motifs is 2. The molecule has 0 bridgehead atoms. The summed E-state index contributed by atoms with van der Waals surface area (Å²) in [5.74, 6) is -0.787. The first kappa shape index (κ1) is 20.6. The fourth-order valence-corrected chi connectivity index (χ4v) is 5.07. The summed E-state index contributed by atoms with van der Waals surface area (Å²) in [6.07, 6.45) is 6.71. The molecule has 1 N–H and O–H groups in total. The number of amides is 1. The van der Waals surface area contributed by atoms with Crippen molar-refractivity contribution in [3.8, 4) is 5.69 Å². The van der Waals surface area contributed by atoms with Crippen LogP contribution in [-0.4, -0.2) is 25.3 Å². The smallest absolute Gasteiger partial charge is 0.267 e. The van der Waals surface area contributed by atoms with Crippen LogP contribution in [0.5, 0.6) is 0 Å². The molecule has 0 fully saturated rings. The van der Waals surface area contributed by atoms with Crippen LogP contribution in [-0.2, 0) is 19.3 Å². The van der Waals surface area contributed by atoms with Crippen LogP contribution in [0.25, 0.3) is 15.9 Å². The number of nitrogens with one attached hydrogen (secondary N) is 1. The van der Waals surface area contributed by atoms with Gasteiger partial charge in [0, 0.05) is 16.1 Å². The van der Waals surface area contributed by atoms with Gasteiger partial charge in [0.25, 0.3) is 11.5 Å². The number of hydrogen-bond acceptors (Lipinski definition) is 5. The van der Waals surface area contributed by atoms with E-state index in [1.165, 1.54) is 29.8 Å². The summed E-state index contributed by atoms with van der Waals surface area (Å²) in [6.45, 7) is 2.02. The van der Waals surface area contributed by atoms with E-state index in [1.807, 2.05) is 13.0 Å². The third-order valence-corrected chi connectivity index (χ3v) is 6.98. The molecule has 3 aromatic heterocycles. The molecule has 1 aliphatic carbocycles. The molecule has 1 amide bonds. The van der Waals surface area contributed by atoms with E-state index in [4.69, 9.17) is 0 Å². The third kappa shape index (κ3) is 3.62. The van der Waals surface area contributed by atoms with Crippen molar-refractivity contribution in [1.29, 1.82) is 0 Å². The van der Waals surface area contributed by atoms with Crippen LogP contribution in [0.4, 0.5) is 4.39 Å². The monoisotopic (exact) mass is 451 g/mol. The number of thiophene rings is 1. The maximum absolute atomic E-state index is 13.4. The Morgan fingerprint density at radius 2 is 1.97 bits per heavy atom. The number of hydrogen-bond donors (Lipinski definition) is 1. The van der Waals surface area contributed by atoms with E-state index in [9.17, 15) is 14.0 Å². The highest BCUT2D eigenvalue weighted by molar-refractivity contribution is 7.18. The minimum absolute atomic E-state index is 0.290. The predicted molar refractivity (Wildman–Crippen MR) is 122 cm³/mol. The molecule has 32 heavy (non-hydrogen) atoms. The Kier molecular flexibility index (Phi) is 5.34. The second-order valence-electron chi connectivity index (χ2n) is 7.87. The summed E-state index contributed by atoms with van der Waals surface area (Å²) in [4.78, 5) is 32.1. The molecule has 0 radical (unpaired) electrons. The quantitative estimate of drug-likeness (QED) is 0.476. The number of aromatic nitrogens is 4. The highest BCUT2D eigenvalue weighted by Crippen LogP contribution is 2.27. The van der Waals surface area contributed by atoms with Crippen molar-refractivity contribution in [3.63, 3.8) is 0 Å². The molecule has 0 unspecified atom stereocenters. The highest BCUT2D eigenvalue weighted by atomic mass is 32.1. The van der Waals surface area contributed by atoms with Crippen molar-refractivity contribution in [2.45, 2.75) is 45.4 Å². The van der Waals surface area contributed by atoms with E-state index in [0.29, 0.717) is 15.9 Å². The molecule has 5 rings (SSSR count). The van der Waals surface area contributed by atoms with Crippen molar-refractivity contribution < 1.29 is 9.18 Å². The summed E-state index contributed by atoms with van der Waals surface area (Å²) in [6, 6.07) is 7.89. The van der Waals surface area contributed by atoms with Gasteiger partial charge in [-0.25, -0.2) is 18.7 Å². The zero-order chi connectivity index (χ0) is 22.2. The van der Waals surface area contributed by atoms with E-state index in [0.717, 1.165) is 59.3 Å². The first-order valence-corrected chi connectivity index (χ1v) is 11.5. The molecule has 0 spiro atoms.